The molecule has 0 spiro atoms. The Morgan fingerprint density at radius 1 is 1.45 bits per heavy atom. The topological polar surface area (TPSA) is 90.1 Å². The Morgan fingerprint density at radius 3 is 2.64 bits per heavy atom. The molecule has 1 saturated carbocycles. The van der Waals surface area contributed by atoms with Crippen molar-refractivity contribution in [1.82, 2.24) is 15.1 Å². The van der Waals surface area contributed by atoms with Gasteiger partial charge in [0.2, 0.25) is 5.91 Å². The summed E-state index contributed by atoms with van der Waals surface area (Å²) in [5, 5.41) is 17.8. The first kappa shape index (κ1) is 16.5. The molecule has 0 aromatic carbocycles. The van der Waals surface area contributed by atoms with E-state index in [1.807, 2.05) is 6.92 Å². The minimum Gasteiger partial charge on any atom is -0.358 e. The maximum Gasteiger partial charge on any atom is 0.390 e. The summed E-state index contributed by atoms with van der Waals surface area (Å²) in [6, 6.07) is 1.70. The average molecular weight is 308 g/mol. The fraction of sp³-hybridized carbons (Fsp3) is 0.733. The van der Waals surface area contributed by atoms with Crippen molar-refractivity contribution in [3.05, 3.63) is 21.9 Å². The number of nitro groups is 1. The van der Waals surface area contributed by atoms with Crippen LogP contribution in [-0.2, 0) is 11.3 Å². The van der Waals surface area contributed by atoms with Crippen molar-refractivity contribution in [2.45, 2.75) is 65.0 Å². The molecule has 0 aliphatic heterocycles. The van der Waals surface area contributed by atoms with Gasteiger partial charge in [-0.15, -0.1) is 0 Å². The molecule has 1 heterocycles. The molecule has 1 N–H and O–H groups in total. The van der Waals surface area contributed by atoms with Gasteiger partial charge in [0.05, 0.1) is 29.3 Å². The Morgan fingerprint density at radius 2 is 2.09 bits per heavy atom. The molecule has 1 aliphatic rings. The Bertz CT molecular complexity index is 533. The number of nitrogens with zero attached hydrogens (tertiary/aromatic N) is 3. The fourth-order valence-electron chi connectivity index (χ4n) is 2.88. The third-order valence-electron chi connectivity index (χ3n) is 4.25. The van der Waals surface area contributed by atoms with Crippen LogP contribution in [0.5, 0.6) is 0 Å². The number of carbonyl (C=O) groups is 1. The standard InChI is InChI=1S/C15H24N4O3/c1-11(10-18-12(2)9-14(17-18)19(21)22)15(20)16-13-7-5-3-4-6-8-13/h9,11,13H,3-8,10H2,1-2H3,(H,16,20). The maximum atomic E-state index is 12.3. The molecular weight excluding hydrogens is 284 g/mol. The van der Waals surface area contributed by atoms with Gasteiger partial charge in [0, 0.05) is 6.04 Å². The molecule has 7 heteroatoms. The maximum absolute atomic E-state index is 12.3. The summed E-state index contributed by atoms with van der Waals surface area (Å²) in [4.78, 5) is 22.5. The van der Waals surface area contributed by atoms with Crippen molar-refractivity contribution in [2.24, 2.45) is 5.92 Å². The highest BCUT2D eigenvalue weighted by Crippen LogP contribution is 2.18. The van der Waals surface area contributed by atoms with Crippen LogP contribution >= 0.6 is 0 Å². The molecule has 0 radical (unpaired) electrons. The zero-order chi connectivity index (χ0) is 16.1. The van der Waals surface area contributed by atoms with Crippen LogP contribution in [0.1, 0.15) is 51.1 Å². The molecule has 122 valence electrons. The van der Waals surface area contributed by atoms with E-state index in [0.717, 1.165) is 12.8 Å². The second-order valence-electron chi connectivity index (χ2n) is 6.18. The average Bonchev–Trinajstić information content (AvgIpc) is 2.68. The van der Waals surface area contributed by atoms with Gasteiger partial charge in [-0.3, -0.25) is 4.79 Å². The number of hydrogen-bond acceptors (Lipinski definition) is 4. The lowest BCUT2D eigenvalue weighted by Gasteiger charge is -2.19. The van der Waals surface area contributed by atoms with Crippen LogP contribution in [0.15, 0.2) is 6.07 Å². The van der Waals surface area contributed by atoms with E-state index in [1.54, 1.807) is 6.92 Å². The first-order chi connectivity index (χ1) is 10.5. The highest BCUT2D eigenvalue weighted by Gasteiger charge is 2.22. The van der Waals surface area contributed by atoms with E-state index in [4.69, 9.17) is 0 Å². The van der Waals surface area contributed by atoms with E-state index < -0.39 is 4.92 Å². The lowest BCUT2D eigenvalue weighted by molar-refractivity contribution is -0.389. The van der Waals surface area contributed by atoms with Gasteiger partial charge in [0.25, 0.3) is 0 Å². The largest absolute Gasteiger partial charge is 0.390 e. The van der Waals surface area contributed by atoms with Gasteiger partial charge in [-0.25, -0.2) is 0 Å². The van der Waals surface area contributed by atoms with Crippen molar-refractivity contribution < 1.29 is 9.72 Å². The minimum atomic E-state index is -0.514. The highest BCUT2D eigenvalue weighted by atomic mass is 16.6. The number of rotatable bonds is 5. The molecule has 7 nitrogen and oxygen atoms in total. The predicted molar refractivity (Wildman–Crippen MR) is 82.4 cm³/mol. The zero-order valence-corrected chi connectivity index (χ0v) is 13.2. The molecule has 1 aromatic heterocycles. The van der Waals surface area contributed by atoms with Gasteiger partial charge < -0.3 is 15.4 Å². The van der Waals surface area contributed by atoms with E-state index in [2.05, 4.69) is 10.4 Å². The molecule has 0 bridgehead atoms. The Kier molecular flexibility index (Phi) is 5.51. The minimum absolute atomic E-state index is 0.00412. The fourth-order valence-corrected chi connectivity index (χ4v) is 2.88. The summed E-state index contributed by atoms with van der Waals surface area (Å²) in [5.41, 5.74) is 0.695. The number of nitrogens with one attached hydrogen (secondary N) is 1. The van der Waals surface area contributed by atoms with E-state index in [-0.39, 0.29) is 23.7 Å². The second kappa shape index (κ2) is 7.38. The van der Waals surface area contributed by atoms with E-state index in [1.165, 1.54) is 36.4 Å². The third-order valence-corrected chi connectivity index (χ3v) is 4.25. The predicted octanol–water partition coefficient (Wildman–Crippen LogP) is 2.57. The van der Waals surface area contributed by atoms with Crippen molar-refractivity contribution >= 4 is 11.7 Å². The summed E-state index contributed by atoms with van der Waals surface area (Å²) < 4.78 is 1.54. The Labute approximate surface area is 130 Å². The molecular formula is C15H24N4O3. The SMILES string of the molecule is Cc1cc([N+](=O)[O-])nn1CC(C)C(=O)NC1CCCCCC1. The number of aromatic nitrogens is 2. The van der Waals surface area contributed by atoms with Gasteiger partial charge >= 0.3 is 5.82 Å². The molecule has 22 heavy (non-hydrogen) atoms. The molecule has 0 saturated heterocycles. The monoisotopic (exact) mass is 308 g/mol. The molecule has 1 aliphatic carbocycles. The van der Waals surface area contributed by atoms with Crippen molar-refractivity contribution in [3.63, 3.8) is 0 Å². The van der Waals surface area contributed by atoms with Gasteiger partial charge in [0.1, 0.15) is 0 Å². The lowest BCUT2D eigenvalue weighted by atomic mass is 10.1. The summed E-state index contributed by atoms with van der Waals surface area (Å²) in [6.07, 6.45) is 6.93. The molecule has 1 atom stereocenters. The van der Waals surface area contributed by atoms with E-state index in [0.29, 0.717) is 12.2 Å². The molecule has 1 amide bonds. The van der Waals surface area contributed by atoms with Crippen molar-refractivity contribution in [3.8, 4) is 0 Å². The lowest BCUT2D eigenvalue weighted by Crippen LogP contribution is -2.39. The van der Waals surface area contributed by atoms with E-state index >= 15 is 0 Å². The second-order valence-corrected chi connectivity index (χ2v) is 6.18. The van der Waals surface area contributed by atoms with Crippen molar-refractivity contribution in [1.29, 1.82) is 0 Å². The zero-order valence-electron chi connectivity index (χ0n) is 13.2. The summed E-state index contributed by atoms with van der Waals surface area (Å²) in [5.74, 6) is -0.431. The van der Waals surface area contributed by atoms with Gasteiger partial charge in [-0.2, -0.15) is 4.68 Å². The first-order valence-electron chi connectivity index (χ1n) is 7.96. The molecule has 1 unspecified atom stereocenters. The Balaban J connectivity index is 1.91. The van der Waals surface area contributed by atoms with Crippen LogP contribution < -0.4 is 5.32 Å². The van der Waals surface area contributed by atoms with Crippen LogP contribution in [0, 0.1) is 23.0 Å². The number of aryl methyl sites for hydroxylation is 1. The first-order valence-corrected chi connectivity index (χ1v) is 7.96. The summed E-state index contributed by atoms with van der Waals surface area (Å²) >= 11 is 0. The normalized spacial score (nSPS) is 17.7. The smallest absolute Gasteiger partial charge is 0.358 e. The van der Waals surface area contributed by atoms with Crippen LogP contribution in [-0.4, -0.2) is 26.7 Å². The van der Waals surface area contributed by atoms with E-state index in [9.17, 15) is 14.9 Å². The Hall–Kier alpha value is -1.92. The quantitative estimate of drug-likeness (QED) is 0.514. The van der Waals surface area contributed by atoms with Crippen LogP contribution in [0.2, 0.25) is 0 Å². The van der Waals surface area contributed by atoms with Crippen molar-refractivity contribution in [2.75, 3.05) is 0 Å². The van der Waals surface area contributed by atoms with Gasteiger partial charge in [-0.1, -0.05) is 32.6 Å². The number of carbonyl (C=O) groups excluding carboxylic acids is 1. The summed E-state index contributed by atoms with van der Waals surface area (Å²) in [6.45, 7) is 3.95. The molecule has 1 aromatic rings. The van der Waals surface area contributed by atoms with Crippen LogP contribution in [0.3, 0.4) is 0 Å². The van der Waals surface area contributed by atoms with Crippen LogP contribution in [0.4, 0.5) is 5.82 Å². The number of hydrogen-bond donors (Lipinski definition) is 1. The van der Waals surface area contributed by atoms with Gasteiger partial charge in [-0.05, 0) is 24.7 Å². The van der Waals surface area contributed by atoms with Gasteiger partial charge in [0.15, 0.2) is 0 Å². The summed E-state index contributed by atoms with van der Waals surface area (Å²) in [7, 11) is 0. The molecule has 1 fully saturated rings. The van der Waals surface area contributed by atoms with Crippen LogP contribution in [0.25, 0.3) is 0 Å². The number of amides is 1. The molecule has 2 rings (SSSR count). The highest BCUT2D eigenvalue weighted by molar-refractivity contribution is 5.78. The third kappa shape index (κ3) is 4.29.